The van der Waals surface area contributed by atoms with Crippen molar-refractivity contribution in [3.63, 3.8) is 0 Å². The van der Waals surface area contributed by atoms with Gasteiger partial charge in [-0.25, -0.2) is 16.8 Å². The molecule has 0 spiro atoms. The second kappa shape index (κ2) is 5.41. The SMILES string of the molecule is CCOc1ccc(C2=CS(=O)(=O)C=CCS2(=O)=O)cc1. The maximum absolute atomic E-state index is 12.1. The molecule has 108 valence electrons. The van der Waals surface area contributed by atoms with Crippen LogP contribution in [0, 0.1) is 0 Å². The highest BCUT2D eigenvalue weighted by atomic mass is 32.2. The standard InChI is InChI=1S/C13H14O5S2/c1-2-18-12-6-4-11(5-7-12)13-10-19(14,15)8-3-9-20(13,16)17/h3-8,10H,2,9H2,1H3. The van der Waals surface area contributed by atoms with Gasteiger partial charge in [-0.05, 0) is 36.8 Å². The van der Waals surface area contributed by atoms with Gasteiger partial charge in [0.15, 0.2) is 19.7 Å². The molecule has 7 heteroatoms. The van der Waals surface area contributed by atoms with Crippen LogP contribution < -0.4 is 4.74 Å². The Morgan fingerprint density at radius 1 is 1.10 bits per heavy atom. The lowest BCUT2D eigenvalue weighted by atomic mass is 10.2. The van der Waals surface area contributed by atoms with Gasteiger partial charge in [0, 0.05) is 5.41 Å². The zero-order chi connectivity index (χ0) is 14.8. The molecule has 0 saturated heterocycles. The van der Waals surface area contributed by atoms with E-state index in [2.05, 4.69) is 0 Å². The third-order valence-corrected chi connectivity index (χ3v) is 5.60. The van der Waals surface area contributed by atoms with Gasteiger partial charge in [-0.2, -0.15) is 0 Å². The number of ether oxygens (including phenoxy) is 1. The number of benzene rings is 1. The second-order valence-corrected chi connectivity index (χ2v) is 7.87. The molecule has 0 aromatic heterocycles. The van der Waals surface area contributed by atoms with Gasteiger partial charge in [0.05, 0.1) is 22.7 Å². The van der Waals surface area contributed by atoms with Gasteiger partial charge in [0.1, 0.15) is 5.75 Å². The van der Waals surface area contributed by atoms with Crippen LogP contribution >= 0.6 is 0 Å². The summed E-state index contributed by atoms with van der Waals surface area (Å²) in [6.45, 7) is 2.34. The summed E-state index contributed by atoms with van der Waals surface area (Å²) in [7, 11) is -7.32. The molecule has 0 aliphatic carbocycles. The Hall–Kier alpha value is -1.60. The minimum absolute atomic E-state index is 0.189. The molecule has 5 nitrogen and oxygen atoms in total. The molecule has 1 aliphatic rings. The Bertz CT molecular complexity index is 753. The Morgan fingerprint density at radius 3 is 2.35 bits per heavy atom. The van der Waals surface area contributed by atoms with E-state index in [1.165, 1.54) is 12.1 Å². The Kier molecular flexibility index (Phi) is 4.01. The van der Waals surface area contributed by atoms with Crippen molar-refractivity contribution >= 4 is 24.6 Å². The quantitative estimate of drug-likeness (QED) is 0.849. The third kappa shape index (κ3) is 3.29. The zero-order valence-corrected chi connectivity index (χ0v) is 12.4. The van der Waals surface area contributed by atoms with Crippen molar-refractivity contribution in [2.45, 2.75) is 6.92 Å². The Balaban J connectivity index is 2.51. The van der Waals surface area contributed by atoms with Crippen LogP contribution in [0.1, 0.15) is 12.5 Å². The van der Waals surface area contributed by atoms with Crippen molar-refractivity contribution < 1.29 is 21.6 Å². The predicted molar refractivity (Wildman–Crippen MR) is 77.4 cm³/mol. The van der Waals surface area contributed by atoms with E-state index in [1.54, 1.807) is 12.1 Å². The van der Waals surface area contributed by atoms with E-state index in [-0.39, 0.29) is 10.7 Å². The van der Waals surface area contributed by atoms with Crippen molar-refractivity contribution in [2.24, 2.45) is 0 Å². The number of hydrogen-bond acceptors (Lipinski definition) is 5. The zero-order valence-electron chi connectivity index (χ0n) is 10.8. The molecule has 1 heterocycles. The minimum Gasteiger partial charge on any atom is -0.494 e. The molecule has 0 atom stereocenters. The van der Waals surface area contributed by atoms with Crippen LogP contribution in [0.25, 0.3) is 4.91 Å². The first kappa shape index (κ1) is 14.8. The summed E-state index contributed by atoms with van der Waals surface area (Å²) < 4.78 is 52.8. The van der Waals surface area contributed by atoms with Crippen LogP contribution in [0.5, 0.6) is 5.75 Å². The van der Waals surface area contributed by atoms with Crippen LogP contribution in [-0.2, 0) is 19.7 Å². The molecule has 0 bridgehead atoms. The monoisotopic (exact) mass is 314 g/mol. The fourth-order valence-corrected chi connectivity index (χ4v) is 4.79. The van der Waals surface area contributed by atoms with Gasteiger partial charge in [0.25, 0.3) is 0 Å². The summed E-state index contributed by atoms with van der Waals surface area (Å²) in [6, 6.07) is 6.30. The lowest BCUT2D eigenvalue weighted by Gasteiger charge is -2.08. The smallest absolute Gasteiger partial charge is 0.194 e. The molecule has 0 N–H and O–H groups in total. The Labute approximate surface area is 118 Å². The lowest BCUT2D eigenvalue weighted by molar-refractivity contribution is 0.340. The van der Waals surface area contributed by atoms with Gasteiger partial charge in [-0.3, -0.25) is 0 Å². The molecule has 1 aromatic rings. The number of sulfone groups is 2. The van der Waals surface area contributed by atoms with Crippen molar-refractivity contribution in [3.05, 3.63) is 46.7 Å². The van der Waals surface area contributed by atoms with Crippen molar-refractivity contribution in [1.82, 2.24) is 0 Å². The van der Waals surface area contributed by atoms with E-state index < -0.39 is 19.7 Å². The molecule has 2 rings (SSSR count). The first-order chi connectivity index (χ1) is 9.34. The molecule has 0 fully saturated rings. The average molecular weight is 314 g/mol. The molecule has 0 unspecified atom stereocenters. The van der Waals surface area contributed by atoms with Gasteiger partial charge < -0.3 is 4.74 Å². The van der Waals surface area contributed by atoms with E-state index in [0.29, 0.717) is 17.9 Å². The first-order valence-electron chi connectivity index (χ1n) is 5.93. The van der Waals surface area contributed by atoms with Crippen molar-refractivity contribution in [1.29, 1.82) is 0 Å². The summed E-state index contributed by atoms with van der Waals surface area (Å²) >= 11 is 0. The van der Waals surface area contributed by atoms with Gasteiger partial charge in [-0.15, -0.1) is 0 Å². The van der Waals surface area contributed by atoms with Crippen LogP contribution in [0.2, 0.25) is 0 Å². The molecular weight excluding hydrogens is 300 g/mol. The first-order valence-corrected chi connectivity index (χ1v) is 9.19. The highest BCUT2D eigenvalue weighted by molar-refractivity contribution is 8.04. The highest BCUT2D eigenvalue weighted by Crippen LogP contribution is 2.27. The van der Waals surface area contributed by atoms with Gasteiger partial charge >= 0.3 is 0 Å². The van der Waals surface area contributed by atoms with Crippen LogP contribution in [0.15, 0.2) is 41.2 Å². The topological polar surface area (TPSA) is 77.5 Å². The molecule has 20 heavy (non-hydrogen) atoms. The van der Waals surface area contributed by atoms with Gasteiger partial charge in [0.2, 0.25) is 0 Å². The van der Waals surface area contributed by atoms with Crippen molar-refractivity contribution in [3.8, 4) is 5.75 Å². The Morgan fingerprint density at radius 2 is 1.75 bits per heavy atom. The largest absolute Gasteiger partial charge is 0.494 e. The lowest BCUT2D eigenvalue weighted by Crippen LogP contribution is -2.06. The molecular formula is C13H14O5S2. The summed E-state index contributed by atoms with van der Waals surface area (Å²) in [6.07, 6.45) is 1.14. The number of hydrogen-bond donors (Lipinski definition) is 0. The van der Waals surface area contributed by atoms with E-state index in [1.807, 2.05) is 6.92 Å². The third-order valence-electron chi connectivity index (χ3n) is 2.66. The average Bonchev–Trinajstić information content (AvgIpc) is 2.47. The summed E-state index contributed by atoms with van der Waals surface area (Å²) in [5, 5.41) is 1.70. The highest BCUT2D eigenvalue weighted by Gasteiger charge is 2.24. The van der Waals surface area contributed by atoms with Crippen LogP contribution in [-0.4, -0.2) is 29.2 Å². The van der Waals surface area contributed by atoms with Gasteiger partial charge in [-0.1, -0.05) is 6.08 Å². The van der Waals surface area contributed by atoms with Crippen LogP contribution in [0.4, 0.5) is 0 Å². The van der Waals surface area contributed by atoms with Crippen molar-refractivity contribution in [2.75, 3.05) is 12.4 Å². The minimum atomic E-state index is -3.66. The molecule has 0 radical (unpaired) electrons. The predicted octanol–water partition coefficient (Wildman–Crippen LogP) is 1.74. The van der Waals surface area contributed by atoms with E-state index >= 15 is 0 Å². The normalized spacial score (nSPS) is 19.9. The van der Waals surface area contributed by atoms with E-state index in [0.717, 1.165) is 16.9 Å². The summed E-state index contributed by atoms with van der Waals surface area (Å²) in [4.78, 5) is -0.189. The molecule has 1 aliphatic heterocycles. The molecule has 1 aromatic carbocycles. The molecule has 0 saturated carbocycles. The fraction of sp³-hybridized carbons (Fsp3) is 0.231. The summed E-state index contributed by atoms with van der Waals surface area (Å²) in [5.74, 6) is 0.273. The fourth-order valence-electron chi connectivity index (χ4n) is 1.78. The van der Waals surface area contributed by atoms with Crippen LogP contribution in [0.3, 0.4) is 0 Å². The number of rotatable bonds is 3. The second-order valence-electron chi connectivity index (χ2n) is 4.18. The summed E-state index contributed by atoms with van der Waals surface area (Å²) in [5.41, 5.74) is 0.334. The maximum atomic E-state index is 12.1. The maximum Gasteiger partial charge on any atom is 0.194 e. The molecule has 0 amide bonds. The van der Waals surface area contributed by atoms with E-state index in [9.17, 15) is 16.8 Å². The van der Waals surface area contributed by atoms with E-state index in [4.69, 9.17) is 4.74 Å².